The molecule has 0 radical (unpaired) electrons. The van der Waals surface area contributed by atoms with Crippen molar-refractivity contribution in [1.29, 1.82) is 0 Å². The first-order valence-corrected chi connectivity index (χ1v) is 4.17. The minimum atomic E-state index is 0.000741. The number of allylic oxidation sites excluding steroid dienone is 6. The van der Waals surface area contributed by atoms with Crippen LogP contribution in [0, 0.1) is 6.08 Å². The van der Waals surface area contributed by atoms with Gasteiger partial charge in [-0.3, -0.25) is 0 Å². The van der Waals surface area contributed by atoms with Gasteiger partial charge < -0.3 is 4.74 Å². The van der Waals surface area contributed by atoms with E-state index >= 15 is 0 Å². The van der Waals surface area contributed by atoms with E-state index < -0.39 is 0 Å². The Morgan fingerprint density at radius 1 is 1.38 bits per heavy atom. The first-order chi connectivity index (χ1) is 6.45. The number of rotatable bonds is 2. The highest BCUT2D eigenvalue weighted by Crippen LogP contribution is 2.11. The second-order valence-corrected chi connectivity index (χ2v) is 2.71. The maximum Gasteiger partial charge on any atom is 0.235 e. The average Bonchev–Trinajstić information content (AvgIpc) is 2.21. The lowest BCUT2D eigenvalue weighted by molar-refractivity contribution is 0.203. The van der Waals surface area contributed by atoms with Crippen molar-refractivity contribution < 1.29 is 4.74 Å². The molecule has 0 aromatic heterocycles. The first kappa shape index (κ1) is 7.82. The zero-order valence-corrected chi connectivity index (χ0v) is 7.10. The van der Waals surface area contributed by atoms with Crippen molar-refractivity contribution in [2.75, 3.05) is 0 Å². The Morgan fingerprint density at radius 2 is 2.38 bits per heavy atom. The fourth-order valence-electron chi connectivity index (χ4n) is 1.11. The van der Waals surface area contributed by atoms with Gasteiger partial charge in [0.25, 0.3) is 0 Å². The van der Waals surface area contributed by atoms with Crippen LogP contribution in [0.5, 0.6) is 0 Å². The smallest absolute Gasteiger partial charge is 0.235 e. The molecule has 0 aliphatic heterocycles. The number of hydrogen-bond acceptors (Lipinski definition) is 1. The second-order valence-electron chi connectivity index (χ2n) is 2.71. The molecular weight excluding hydrogens is 160 g/mol. The summed E-state index contributed by atoms with van der Waals surface area (Å²) in [6, 6.07) is 0. The molecule has 0 heterocycles. The Kier molecular flexibility index (Phi) is 2.24. The van der Waals surface area contributed by atoms with Crippen LogP contribution in [-0.2, 0) is 4.74 Å². The van der Waals surface area contributed by atoms with Crippen LogP contribution in [0.25, 0.3) is 0 Å². The van der Waals surface area contributed by atoms with Gasteiger partial charge in [0.2, 0.25) is 5.76 Å². The summed E-state index contributed by atoms with van der Waals surface area (Å²) in [4.78, 5) is 0. The maximum atomic E-state index is 5.60. The standard InChI is InChI=1S/C12H9O/c1-3-7-11(8-4-1)13-12-9-5-2-6-10-12/h1-3,5,7-11H/q+1. The Balaban J connectivity index is 2.02. The molecule has 0 spiro atoms. The molecule has 2 aliphatic carbocycles. The van der Waals surface area contributed by atoms with E-state index in [4.69, 9.17) is 4.74 Å². The molecule has 0 saturated carbocycles. The van der Waals surface area contributed by atoms with Gasteiger partial charge in [0.15, 0.2) is 6.10 Å². The molecule has 1 nitrogen and oxygen atoms in total. The van der Waals surface area contributed by atoms with Crippen molar-refractivity contribution >= 4 is 0 Å². The summed E-state index contributed by atoms with van der Waals surface area (Å²) < 4.78 is 5.60. The highest BCUT2D eigenvalue weighted by atomic mass is 16.5. The summed E-state index contributed by atoms with van der Waals surface area (Å²) in [7, 11) is 0. The Morgan fingerprint density at radius 3 is 3.08 bits per heavy atom. The minimum absolute atomic E-state index is 0.000741. The van der Waals surface area contributed by atoms with Gasteiger partial charge in [0.1, 0.15) is 12.2 Å². The molecule has 2 aliphatic rings. The third kappa shape index (κ3) is 2.07. The summed E-state index contributed by atoms with van der Waals surface area (Å²) in [5, 5.41) is 0. The van der Waals surface area contributed by atoms with E-state index in [9.17, 15) is 0 Å². The third-order valence-electron chi connectivity index (χ3n) is 1.70. The van der Waals surface area contributed by atoms with Crippen molar-refractivity contribution in [3.05, 3.63) is 66.2 Å². The molecule has 2 rings (SSSR count). The summed E-state index contributed by atoms with van der Waals surface area (Å²) in [5.74, 6) is 0.831. The van der Waals surface area contributed by atoms with Crippen molar-refractivity contribution in [2.24, 2.45) is 0 Å². The van der Waals surface area contributed by atoms with Crippen LogP contribution < -0.4 is 0 Å². The van der Waals surface area contributed by atoms with Crippen LogP contribution in [0.2, 0.25) is 0 Å². The molecule has 0 aromatic rings. The van der Waals surface area contributed by atoms with E-state index in [1.807, 2.05) is 48.6 Å². The van der Waals surface area contributed by atoms with Gasteiger partial charge in [-0.05, 0) is 12.2 Å². The predicted molar refractivity (Wildman–Crippen MR) is 51.7 cm³/mol. The Hall–Kier alpha value is -1.81. The van der Waals surface area contributed by atoms with Crippen LogP contribution in [0.1, 0.15) is 0 Å². The third-order valence-corrected chi connectivity index (χ3v) is 1.70. The Labute approximate surface area is 77.7 Å². The van der Waals surface area contributed by atoms with E-state index in [2.05, 4.69) is 11.8 Å². The summed E-state index contributed by atoms with van der Waals surface area (Å²) in [6.07, 6.45) is 18.1. The van der Waals surface area contributed by atoms with Gasteiger partial charge in [-0.1, -0.05) is 6.08 Å². The molecule has 0 N–H and O–H groups in total. The second kappa shape index (κ2) is 3.73. The summed E-state index contributed by atoms with van der Waals surface area (Å²) >= 11 is 0. The normalized spacial score (nSPS) is 22.8. The largest absolute Gasteiger partial charge is 0.422 e. The minimum Gasteiger partial charge on any atom is -0.422 e. The van der Waals surface area contributed by atoms with Crippen LogP contribution in [0.4, 0.5) is 0 Å². The van der Waals surface area contributed by atoms with Crippen molar-refractivity contribution in [3.8, 4) is 0 Å². The van der Waals surface area contributed by atoms with Crippen molar-refractivity contribution in [1.82, 2.24) is 0 Å². The summed E-state index contributed by atoms with van der Waals surface area (Å²) in [5.41, 5.74) is 2.98. The predicted octanol–water partition coefficient (Wildman–Crippen LogP) is 2.47. The van der Waals surface area contributed by atoms with Crippen molar-refractivity contribution in [2.45, 2.75) is 6.10 Å². The molecule has 0 aromatic carbocycles. The van der Waals surface area contributed by atoms with Crippen LogP contribution in [0.15, 0.2) is 60.1 Å². The van der Waals surface area contributed by atoms with Gasteiger partial charge in [-0.2, -0.15) is 0 Å². The lowest BCUT2D eigenvalue weighted by Gasteiger charge is -2.08. The molecule has 0 bridgehead atoms. The van der Waals surface area contributed by atoms with Gasteiger partial charge in [0, 0.05) is 12.2 Å². The molecule has 1 unspecified atom stereocenters. The topological polar surface area (TPSA) is 9.23 Å². The van der Waals surface area contributed by atoms with Crippen LogP contribution >= 0.6 is 0 Å². The molecule has 62 valence electrons. The highest BCUT2D eigenvalue weighted by molar-refractivity contribution is 5.26. The highest BCUT2D eigenvalue weighted by Gasteiger charge is 2.09. The molecule has 0 fully saturated rings. The molecular formula is C12H9O+. The fraction of sp³-hybridized carbons (Fsp3) is 0.0833. The maximum absolute atomic E-state index is 5.60. The van der Waals surface area contributed by atoms with E-state index in [-0.39, 0.29) is 6.10 Å². The number of hydrogen-bond donors (Lipinski definition) is 0. The summed E-state index contributed by atoms with van der Waals surface area (Å²) in [6.45, 7) is 0. The number of ether oxygens (including phenoxy) is 1. The van der Waals surface area contributed by atoms with E-state index in [1.54, 1.807) is 0 Å². The molecule has 0 saturated heterocycles. The SMILES string of the molecule is C1=CC=CC(OC2=CC=C[C+]=C2)C=1. The van der Waals surface area contributed by atoms with E-state index in [0.29, 0.717) is 0 Å². The monoisotopic (exact) mass is 169 g/mol. The quantitative estimate of drug-likeness (QED) is 0.455. The van der Waals surface area contributed by atoms with Crippen molar-refractivity contribution in [3.63, 3.8) is 0 Å². The first-order valence-electron chi connectivity index (χ1n) is 4.17. The average molecular weight is 169 g/mol. The fourth-order valence-corrected chi connectivity index (χ4v) is 1.11. The van der Waals surface area contributed by atoms with Crippen LogP contribution in [-0.4, -0.2) is 6.10 Å². The lowest BCUT2D eigenvalue weighted by Crippen LogP contribution is -2.06. The van der Waals surface area contributed by atoms with Gasteiger partial charge >= 0.3 is 0 Å². The zero-order chi connectivity index (χ0) is 8.93. The van der Waals surface area contributed by atoms with E-state index in [1.165, 1.54) is 0 Å². The zero-order valence-electron chi connectivity index (χ0n) is 7.10. The van der Waals surface area contributed by atoms with E-state index in [0.717, 1.165) is 5.76 Å². The van der Waals surface area contributed by atoms with Gasteiger partial charge in [-0.25, -0.2) is 0 Å². The molecule has 1 atom stereocenters. The lowest BCUT2D eigenvalue weighted by atomic mass is 10.2. The van der Waals surface area contributed by atoms with Gasteiger partial charge in [-0.15, -0.1) is 5.73 Å². The van der Waals surface area contributed by atoms with Crippen LogP contribution in [0.3, 0.4) is 0 Å². The molecule has 1 heteroatoms. The molecule has 0 amide bonds. The Bertz CT molecular complexity index is 361. The van der Waals surface area contributed by atoms with Gasteiger partial charge in [0.05, 0.1) is 12.2 Å². The molecule has 13 heavy (non-hydrogen) atoms.